The van der Waals surface area contributed by atoms with Crippen molar-refractivity contribution in [1.29, 1.82) is 0 Å². The molecule has 2 aliphatic rings. The monoisotopic (exact) mass is 362 g/mol. The van der Waals surface area contributed by atoms with Gasteiger partial charge >= 0.3 is 0 Å². The van der Waals surface area contributed by atoms with E-state index in [4.69, 9.17) is 0 Å². The van der Waals surface area contributed by atoms with E-state index in [2.05, 4.69) is 31.0 Å². The van der Waals surface area contributed by atoms with Crippen LogP contribution in [0.4, 0.5) is 0 Å². The first-order valence-electron chi connectivity index (χ1n) is 11.2. The molecule has 0 bridgehead atoms. The Labute approximate surface area is 162 Å². The topological polar surface area (TPSA) is 32.3 Å². The van der Waals surface area contributed by atoms with Crippen LogP contribution in [0.1, 0.15) is 105 Å². The Bertz CT molecular complexity index is 457. The summed E-state index contributed by atoms with van der Waals surface area (Å²) in [7, 11) is 0. The molecular formula is C23H42N2O. The van der Waals surface area contributed by atoms with Crippen molar-refractivity contribution in [2.24, 2.45) is 5.92 Å². The van der Waals surface area contributed by atoms with E-state index >= 15 is 0 Å². The van der Waals surface area contributed by atoms with Gasteiger partial charge < -0.3 is 4.90 Å². The van der Waals surface area contributed by atoms with Crippen molar-refractivity contribution >= 4 is 5.91 Å². The number of nitrogens with one attached hydrogen (secondary N) is 1. The van der Waals surface area contributed by atoms with E-state index in [-0.39, 0.29) is 12.1 Å². The van der Waals surface area contributed by atoms with Crippen LogP contribution >= 0.6 is 0 Å². The third-order valence-electron chi connectivity index (χ3n) is 6.34. The summed E-state index contributed by atoms with van der Waals surface area (Å²) in [4.78, 5) is 14.8. The number of hydrogen-bond donors (Lipinski definition) is 1. The number of carbonyl (C=O) groups is 1. The minimum atomic E-state index is 0.124. The second kappa shape index (κ2) is 11.1. The largest absolute Gasteiger partial charge is 0.319 e. The molecule has 1 fully saturated rings. The first-order chi connectivity index (χ1) is 12.5. The van der Waals surface area contributed by atoms with Gasteiger partial charge in [0.2, 0.25) is 0 Å². The summed E-state index contributed by atoms with van der Waals surface area (Å²) in [6.07, 6.45) is 16.2. The zero-order chi connectivity index (χ0) is 18.9. The molecule has 0 aromatic rings. The van der Waals surface area contributed by atoms with Gasteiger partial charge in [-0.15, -0.1) is 0 Å². The summed E-state index contributed by atoms with van der Waals surface area (Å²) in [6, 6.07) is 0.551. The maximum Gasteiger partial charge on any atom is 0.251 e. The standard InChI is InChI=1S/C23H42N2O/c1-18(2)16-17-25-22(19(3)20(4)23(25)26)24-21-14-12-10-8-6-5-7-9-11-13-15-21/h18,21-22,24H,5-17H2,1-4H3/t22-/m1/s1. The molecule has 1 amide bonds. The normalized spacial score (nSPS) is 24.9. The minimum absolute atomic E-state index is 0.124. The molecule has 1 aliphatic heterocycles. The quantitative estimate of drug-likeness (QED) is 0.670. The highest BCUT2D eigenvalue weighted by Gasteiger charge is 2.35. The van der Waals surface area contributed by atoms with E-state index in [0.717, 1.165) is 18.5 Å². The third kappa shape index (κ3) is 6.40. The van der Waals surface area contributed by atoms with Crippen LogP contribution in [0.15, 0.2) is 11.1 Å². The number of amides is 1. The molecular weight excluding hydrogens is 320 g/mol. The molecule has 0 aromatic heterocycles. The Kier molecular flexibility index (Phi) is 9.18. The van der Waals surface area contributed by atoms with Crippen LogP contribution in [0.3, 0.4) is 0 Å². The average molecular weight is 363 g/mol. The summed E-state index contributed by atoms with van der Waals surface area (Å²) in [5.41, 5.74) is 2.20. The molecule has 1 aliphatic carbocycles. The lowest BCUT2D eigenvalue weighted by molar-refractivity contribution is -0.127. The molecule has 0 radical (unpaired) electrons. The Morgan fingerprint density at radius 3 is 1.92 bits per heavy atom. The highest BCUT2D eigenvalue weighted by atomic mass is 16.2. The molecule has 0 spiro atoms. The predicted molar refractivity (Wildman–Crippen MR) is 111 cm³/mol. The molecule has 26 heavy (non-hydrogen) atoms. The smallest absolute Gasteiger partial charge is 0.251 e. The van der Waals surface area contributed by atoms with Crippen LogP contribution in [0, 0.1) is 5.92 Å². The highest BCUT2D eigenvalue weighted by Crippen LogP contribution is 2.26. The minimum Gasteiger partial charge on any atom is -0.319 e. The van der Waals surface area contributed by atoms with E-state index in [1.165, 1.54) is 76.2 Å². The van der Waals surface area contributed by atoms with Crippen LogP contribution in [-0.2, 0) is 4.79 Å². The molecule has 1 atom stereocenters. The molecule has 1 N–H and O–H groups in total. The molecule has 0 aromatic carbocycles. The fraction of sp³-hybridized carbons (Fsp3) is 0.870. The van der Waals surface area contributed by atoms with Crippen molar-refractivity contribution in [2.45, 2.75) is 117 Å². The number of carbonyl (C=O) groups excluding carboxylic acids is 1. The number of rotatable bonds is 5. The third-order valence-corrected chi connectivity index (χ3v) is 6.34. The number of hydrogen-bond acceptors (Lipinski definition) is 2. The number of nitrogens with zero attached hydrogens (tertiary/aromatic N) is 1. The van der Waals surface area contributed by atoms with Crippen molar-refractivity contribution in [1.82, 2.24) is 10.2 Å². The van der Waals surface area contributed by atoms with Crippen molar-refractivity contribution < 1.29 is 4.79 Å². The van der Waals surface area contributed by atoms with Gasteiger partial charge in [-0.05, 0) is 44.6 Å². The maximum atomic E-state index is 12.7. The lowest BCUT2D eigenvalue weighted by atomic mass is 9.97. The lowest BCUT2D eigenvalue weighted by Gasteiger charge is -2.32. The Balaban J connectivity index is 1.98. The van der Waals surface area contributed by atoms with E-state index in [9.17, 15) is 4.79 Å². The molecule has 3 heteroatoms. The average Bonchev–Trinajstić information content (AvgIpc) is 2.79. The fourth-order valence-electron chi connectivity index (χ4n) is 4.34. The van der Waals surface area contributed by atoms with Gasteiger partial charge in [-0.2, -0.15) is 0 Å². The Morgan fingerprint density at radius 2 is 1.42 bits per heavy atom. The van der Waals surface area contributed by atoms with Gasteiger partial charge in [0.15, 0.2) is 0 Å². The van der Waals surface area contributed by atoms with Crippen LogP contribution in [0.5, 0.6) is 0 Å². The van der Waals surface area contributed by atoms with Gasteiger partial charge in [-0.3, -0.25) is 10.1 Å². The first kappa shape index (κ1) is 21.5. The van der Waals surface area contributed by atoms with Gasteiger partial charge in [-0.25, -0.2) is 0 Å². The summed E-state index contributed by atoms with van der Waals surface area (Å²) in [5, 5.41) is 3.90. The van der Waals surface area contributed by atoms with Gasteiger partial charge in [0.1, 0.15) is 6.17 Å². The van der Waals surface area contributed by atoms with Gasteiger partial charge in [0.25, 0.3) is 5.91 Å². The van der Waals surface area contributed by atoms with Crippen molar-refractivity contribution in [3.8, 4) is 0 Å². The summed E-state index contributed by atoms with van der Waals surface area (Å²) < 4.78 is 0. The molecule has 150 valence electrons. The Hall–Kier alpha value is -0.830. The SMILES string of the molecule is CC1=C(C)[C@H](NC2CCCCCCCCCCC2)N(CCC(C)C)C1=O. The van der Waals surface area contributed by atoms with E-state index < -0.39 is 0 Å². The zero-order valence-electron chi connectivity index (χ0n) is 17.8. The van der Waals surface area contributed by atoms with Crippen molar-refractivity contribution in [3.63, 3.8) is 0 Å². The van der Waals surface area contributed by atoms with Crippen LogP contribution in [0.2, 0.25) is 0 Å². The van der Waals surface area contributed by atoms with Gasteiger partial charge in [-0.1, -0.05) is 71.6 Å². The van der Waals surface area contributed by atoms with Crippen LogP contribution < -0.4 is 5.32 Å². The Morgan fingerprint density at radius 1 is 0.923 bits per heavy atom. The van der Waals surface area contributed by atoms with E-state index in [1.807, 2.05) is 6.92 Å². The maximum absolute atomic E-state index is 12.7. The molecule has 1 heterocycles. The van der Waals surface area contributed by atoms with E-state index in [1.54, 1.807) is 0 Å². The highest BCUT2D eigenvalue weighted by molar-refractivity contribution is 5.96. The second-order valence-corrected chi connectivity index (χ2v) is 9.01. The van der Waals surface area contributed by atoms with Crippen LogP contribution in [0.25, 0.3) is 0 Å². The molecule has 0 unspecified atom stereocenters. The summed E-state index contributed by atoms with van der Waals surface area (Å²) >= 11 is 0. The van der Waals surface area contributed by atoms with Crippen molar-refractivity contribution in [2.75, 3.05) is 6.54 Å². The molecule has 0 saturated heterocycles. The molecule has 1 saturated carbocycles. The lowest BCUT2D eigenvalue weighted by Crippen LogP contribution is -2.49. The molecule has 3 nitrogen and oxygen atoms in total. The van der Waals surface area contributed by atoms with E-state index in [0.29, 0.717) is 12.0 Å². The summed E-state index contributed by atoms with van der Waals surface area (Å²) in [6.45, 7) is 9.50. The zero-order valence-corrected chi connectivity index (χ0v) is 17.8. The van der Waals surface area contributed by atoms with Crippen molar-refractivity contribution in [3.05, 3.63) is 11.1 Å². The molecule has 2 rings (SSSR count). The predicted octanol–water partition coefficient (Wildman–Crippen LogP) is 5.80. The first-order valence-corrected chi connectivity index (χ1v) is 11.2. The second-order valence-electron chi connectivity index (χ2n) is 9.01. The summed E-state index contributed by atoms with van der Waals surface area (Å²) in [5.74, 6) is 0.875. The fourth-order valence-corrected chi connectivity index (χ4v) is 4.34. The van der Waals surface area contributed by atoms with Gasteiger partial charge in [0.05, 0.1) is 0 Å². The van der Waals surface area contributed by atoms with Crippen LogP contribution in [-0.4, -0.2) is 29.6 Å². The van der Waals surface area contributed by atoms with Gasteiger partial charge in [0, 0.05) is 18.2 Å².